The van der Waals surface area contributed by atoms with Gasteiger partial charge in [-0.2, -0.15) is 0 Å². The van der Waals surface area contributed by atoms with E-state index in [1.165, 1.54) is 0 Å². The van der Waals surface area contributed by atoms with E-state index in [0.717, 1.165) is 35.6 Å². The molecule has 2 unspecified atom stereocenters. The minimum absolute atomic E-state index is 0.179. The highest BCUT2D eigenvalue weighted by Gasteiger charge is 2.24. The topological polar surface area (TPSA) is 75.3 Å². The number of aromatic nitrogens is 2. The molecule has 1 aliphatic heterocycles. The van der Waals surface area contributed by atoms with Crippen molar-refractivity contribution in [2.75, 3.05) is 18.8 Å². The fourth-order valence-corrected chi connectivity index (χ4v) is 3.35. The summed E-state index contributed by atoms with van der Waals surface area (Å²) in [6.45, 7) is 4.55. The number of nitrogens with two attached hydrogens (primary N) is 1. The van der Waals surface area contributed by atoms with Crippen molar-refractivity contribution in [2.24, 2.45) is 5.92 Å². The van der Waals surface area contributed by atoms with Gasteiger partial charge in [-0.05, 0) is 23.8 Å². The van der Waals surface area contributed by atoms with Gasteiger partial charge in [0, 0.05) is 13.1 Å². The predicted molar refractivity (Wildman–Crippen MR) is 76.9 cm³/mol. The average molecular weight is 278 g/mol. The number of anilines is 1. The van der Waals surface area contributed by atoms with Crippen LogP contribution in [0.25, 0.3) is 10.2 Å². The number of likely N-dealkylation sites (tertiary alicyclic amines) is 1. The average Bonchev–Trinajstić information content (AvgIpc) is 2.82. The van der Waals surface area contributed by atoms with Crippen molar-refractivity contribution in [3.8, 4) is 0 Å². The molecule has 0 amide bonds. The van der Waals surface area contributed by atoms with Crippen LogP contribution >= 0.6 is 11.3 Å². The maximum atomic E-state index is 9.74. The molecule has 1 saturated heterocycles. The first-order chi connectivity index (χ1) is 9.13. The van der Waals surface area contributed by atoms with E-state index in [2.05, 4.69) is 21.8 Å². The Morgan fingerprint density at radius 1 is 1.53 bits per heavy atom. The van der Waals surface area contributed by atoms with E-state index >= 15 is 0 Å². The van der Waals surface area contributed by atoms with Gasteiger partial charge in [0.05, 0.1) is 18.0 Å². The van der Waals surface area contributed by atoms with Crippen LogP contribution in [0.4, 0.5) is 5.82 Å². The van der Waals surface area contributed by atoms with Gasteiger partial charge in [-0.3, -0.25) is 4.90 Å². The van der Waals surface area contributed by atoms with Crippen molar-refractivity contribution < 1.29 is 5.11 Å². The highest BCUT2D eigenvalue weighted by atomic mass is 32.1. The number of nitrogen functional groups attached to an aromatic ring is 1. The quantitative estimate of drug-likeness (QED) is 0.870. The van der Waals surface area contributed by atoms with Crippen molar-refractivity contribution in [2.45, 2.75) is 26.0 Å². The van der Waals surface area contributed by atoms with E-state index in [-0.39, 0.29) is 6.10 Å². The maximum Gasteiger partial charge on any atom is 0.146 e. The second-order valence-corrected chi connectivity index (χ2v) is 6.13. The third-order valence-electron chi connectivity index (χ3n) is 3.71. The first kappa shape index (κ1) is 12.8. The normalized spacial score (nSPS) is 24.9. The molecule has 0 saturated carbocycles. The number of aliphatic hydroxyl groups is 1. The molecule has 5 nitrogen and oxygen atoms in total. The van der Waals surface area contributed by atoms with Gasteiger partial charge in [-0.25, -0.2) is 9.97 Å². The van der Waals surface area contributed by atoms with Gasteiger partial charge < -0.3 is 10.8 Å². The van der Waals surface area contributed by atoms with Crippen LogP contribution in [0.2, 0.25) is 0 Å². The van der Waals surface area contributed by atoms with Gasteiger partial charge in [-0.1, -0.05) is 6.92 Å². The van der Waals surface area contributed by atoms with Crippen LogP contribution in [0.5, 0.6) is 0 Å². The summed E-state index contributed by atoms with van der Waals surface area (Å²) in [7, 11) is 0. The Hall–Kier alpha value is -1.24. The molecule has 0 bridgehead atoms. The van der Waals surface area contributed by atoms with Crippen LogP contribution in [-0.2, 0) is 6.54 Å². The molecule has 102 valence electrons. The molecule has 19 heavy (non-hydrogen) atoms. The first-order valence-corrected chi connectivity index (χ1v) is 7.41. The lowest BCUT2D eigenvalue weighted by Crippen LogP contribution is -2.41. The lowest BCUT2D eigenvalue weighted by Gasteiger charge is -2.33. The fraction of sp³-hybridized carbons (Fsp3) is 0.538. The number of fused-ring (bicyclic) bond motifs is 1. The molecule has 0 aliphatic carbocycles. The van der Waals surface area contributed by atoms with Gasteiger partial charge in [0.15, 0.2) is 0 Å². The van der Waals surface area contributed by atoms with Crippen molar-refractivity contribution in [1.82, 2.24) is 14.9 Å². The van der Waals surface area contributed by atoms with Gasteiger partial charge in [0.25, 0.3) is 0 Å². The second-order valence-electron chi connectivity index (χ2n) is 5.23. The highest BCUT2D eigenvalue weighted by molar-refractivity contribution is 7.16. The van der Waals surface area contributed by atoms with E-state index < -0.39 is 0 Å². The van der Waals surface area contributed by atoms with E-state index in [4.69, 9.17) is 5.73 Å². The summed E-state index contributed by atoms with van der Waals surface area (Å²) >= 11 is 1.59. The molecule has 0 aromatic carbocycles. The summed E-state index contributed by atoms with van der Waals surface area (Å²) in [5.41, 5.74) is 5.95. The zero-order chi connectivity index (χ0) is 13.4. The van der Waals surface area contributed by atoms with E-state index in [0.29, 0.717) is 18.3 Å². The molecule has 3 heterocycles. The predicted octanol–water partition coefficient (Wildman–Crippen LogP) is 1.48. The standard InChI is InChI=1S/C13H18N4OS/c1-8-6-17(4-2-10(8)18)7-11-15-12(14)9-3-5-19-13(9)16-11/h3,5,8,10,18H,2,4,6-7H2,1H3,(H2,14,15,16). The summed E-state index contributed by atoms with van der Waals surface area (Å²) in [5, 5.41) is 12.7. The van der Waals surface area contributed by atoms with E-state index in [1.54, 1.807) is 11.3 Å². The van der Waals surface area contributed by atoms with Gasteiger partial charge >= 0.3 is 0 Å². The van der Waals surface area contributed by atoms with Crippen molar-refractivity contribution in [1.29, 1.82) is 0 Å². The smallest absolute Gasteiger partial charge is 0.146 e. The Morgan fingerprint density at radius 3 is 3.16 bits per heavy atom. The molecule has 2 atom stereocenters. The molecule has 2 aromatic heterocycles. The fourth-order valence-electron chi connectivity index (χ4n) is 2.56. The summed E-state index contributed by atoms with van der Waals surface area (Å²) in [5.74, 6) is 1.64. The number of hydrogen-bond acceptors (Lipinski definition) is 6. The number of rotatable bonds is 2. The van der Waals surface area contributed by atoms with Gasteiger partial charge in [-0.15, -0.1) is 11.3 Å². The molecule has 2 aromatic rings. The minimum Gasteiger partial charge on any atom is -0.393 e. The molecule has 1 aliphatic rings. The Bertz CT molecular complexity index is 585. The van der Waals surface area contributed by atoms with Gasteiger partial charge in [0.1, 0.15) is 16.5 Å². The summed E-state index contributed by atoms with van der Waals surface area (Å²) < 4.78 is 0. The number of thiophene rings is 1. The Kier molecular flexibility index (Phi) is 3.38. The van der Waals surface area contributed by atoms with Gasteiger partial charge in [0.2, 0.25) is 0 Å². The van der Waals surface area contributed by atoms with Crippen molar-refractivity contribution in [3.05, 3.63) is 17.3 Å². The molecule has 6 heteroatoms. The third-order valence-corrected chi connectivity index (χ3v) is 4.52. The van der Waals surface area contributed by atoms with Crippen molar-refractivity contribution in [3.63, 3.8) is 0 Å². The molecule has 0 radical (unpaired) electrons. The number of aliphatic hydroxyl groups excluding tert-OH is 1. The third kappa shape index (κ3) is 2.56. The Morgan fingerprint density at radius 2 is 2.37 bits per heavy atom. The zero-order valence-corrected chi connectivity index (χ0v) is 11.7. The van der Waals surface area contributed by atoms with Crippen LogP contribution in [0.15, 0.2) is 11.4 Å². The highest BCUT2D eigenvalue weighted by Crippen LogP contribution is 2.24. The van der Waals surface area contributed by atoms with E-state index in [9.17, 15) is 5.11 Å². The molecular formula is C13H18N4OS. The summed E-state index contributed by atoms with van der Waals surface area (Å²) in [4.78, 5) is 12.2. The molecule has 3 rings (SSSR count). The van der Waals surface area contributed by atoms with Crippen LogP contribution in [0, 0.1) is 5.92 Å². The largest absolute Gasteiger partial charge is 0.393 e. The molecule has 1 fully saturated rings. The SMILES string of the molecule is CC1CN(Cc2nc(N)c3ccsc3n2)CCC1O. The Labute approximate surface area is 116 Å². The number of nitrogens with zero attached hydrogens (tertiary/aromatic N) is 3. The lowest BCUT2D eigenvalue weighted by molar-refractivity contribution is 0.0311. The zero-order valence-electron chi connectivity index (χ0n) is 10.9. The number of hydrogen-bond donors (Lipinski definition) is 2. The second kappa shape index (κ2) is 5.03. The monoisotopic (exact) mass is 278 g/mol. The van der Waals surface area contributed by atoms with Crippen LogP contribution in [0.3, 0.4) is 0 Å². The van der Waals surface area contributed by atoms with Crippen LogP contribution in [-0.4, -0.2) is 39.2 Å². The van der Waals surface area contributed by atoms with Crippen LogP contribution < -0.4 is 5.73 Å². The summed E-state index contributed by atoms with van der Waals surface area (Å²) in [6.07, 6.45) is 0.639. The van der Waals surface area contributed by atoms with Crippen molar-refractivity contribution >= 4 is 27.4 Å². The van der Waals surface area contributed by atoms with E-state index in [1.807, 2.05) is 11.4 Å². The Balaban J connectivity index is 1.78. The lowest BCUT2D eigenvalue weighted by atomic mass is 9.97. The molecule has 0 spiro atoms. The minimum atomic E-state index is -0.179. The first-order valence-electron chi connectivity index (χ1n) is 6.53. The summed E-state index contributed by atoms with van der Waals surface area (Å²) in [6, 6.07) is 1.96. The molecule has 3 N–H and O–H groups in total. The molecular weight excluding hydrogens is 260 g/mol. The maximum absolute atomic E-state index is 9.74. The number of piperidine rings is 1. The van der Waals surface area contributed by atoms with Crippen LogP contribution in [0.1, 0.15) is 19.2 Å².